The SMILES string of the molecule is CCC(CC)(CNCCCOc1ccccc1)SC. The van der Waals surface area contributed by atoms with Crippen molar-refractivity contribution >= 4 is 11.8 Å². The first-order chi connectivity index (χ1) is 9.26. The van der Waals surface area contributed by atoms with Gasteiger partial charge >= 0.3 is 0 Å². The Bertz CT molecular complexity index is 317. The molecule has 108 valence electrons. The summed E-state index contributed by atoms with van der Waals surface area (Å²) in [6.45, 7) is 7.45. The predicted molar refractivity (Wildman–Crippen MR) is 86.3 cm³/mol. The number of benzene rings is 1. The molecular formula is C16H27NOS. The molecule has 0 heterocycles. The Morgan fingerprint density at radius 3 is 2.42 bits per heavy atom. The van der Waals surface area contributed by atoms with Gasteiger partial charge in [0.15, 0.2) is 0 Å². The molecule has 0 fully saturated rings. The largest absolute Gasteiger partial charge is 0.494 e. The summed E-state index contributed by atoms with van der Waals surface area (Å²) in [7, 11) is 0. The first-order valence-corrected chi connectivity index (χ1v) is 8.42. The van der Waals surface area contributed by atoms with Crippen LogP contribution in [-0.4, -0.2) is 30.7 Å². The molecule has 19 heavy (non-hydrogen) atoms. The molecule has 0 radical (unpaired) electrons. The highest BCUT2D eigenvalue weighted by molar-refractivity contribution is 8.00. The quantitative estimate of drug-likeness (QED) is 0.656. The van der Waals surface area contributed by atoms with Crippen molar-refractivity contribution in [2.75, 3.05) is 26.0 Å². The van der Waals surface area contributed by atoms with Gasteiger partial charge in [-0.2, -0.15) is 11.8 Å². The second-order valence-electron chi connectivity index (χ2n) is 4.79. The summed E-state index contributed by atoms with van der Waals surface area (Å²) in [6.07, 6.45) is 5.70. The van der Waals surface area contributed by atoms with E-state index in [1.54, 1.807) is 0 Å². The van der Waals surface area contributed by atoms with Crippen molar-refractivity contribution in [3.63, 3.8) is 0 Å². The minimum Gasteiger partial charge on any atom is -0.494 e. The van der Waals surface area contributed by atoms with E-state index in [2.05, 4.69) is 25.4 Å². The summed E-state index contributed by atoms with van der Waals surface area (Å²) in [6, 6.07) is 10.0. The highest BCUT2D eigenvalue weighted by Gasteiger charge is 2.23. The van der Waals surface area contributed by atoms with Gasteiger partial charge in [0, 0.05) is 11.3 Å². The van der Waals surface area contributed by atoms with E-state index >= 15 is 0 Å². The van der Waals surface area contributed by atoms with Gasteiger partial charge in [-0.25, -0.2) is 0 Å². The predicted octanol–water partition coefficient (Wildman–Crippen LogP) is 3.97. The van der Waals surface area contributed by atoms with Crippen LogP contribution in [0.4, 0.5) is 0 Å². The van der Waals surface area contributed by atoms with Crippen LogP contribution in [-0.2, 0) is 0 Å². The van der Waals surface area contributed by atoms with Crippen molar-refractivity contribution in [1.82, 2.24) is 5.32 Å². The molecule has 1 N–H and O–H groups in total. The molecule has 0 atom stereocenters. The lowest BCUT2D eigenvalue weighted by Gasteiger charge is -2.30. The lowest BCUT2D eigenvalue weighted by molar-refractivity contribution is 0.306. The van der Waals surface area contributed by atoms with E-state index in [1.807, 2.05) is 42.1 Å². The summed E-state index contributed by atoms with van der Waals surface area (Å²) < 4.78 is 6.08. The van der Waals surface area contributed by atoms with Crippen LogP contribution < -0.4 is 10.1 Å². The summed E-state index contributed by atoms with van der Waals surface area (Å²) in [5.41, 5.74) is 0. The minimum atomic E-state index is 0.403. The monoisotopic (exact) mass is 281 g/mol. The van der Waals surface area contributed by atoms with Gasteiger partial charge in [-0.15, -0.1) is 0 Å². The third-order valence-corrected chi connectivity index (χ3v) is 5.27. The van der Waals surface area contributed by atoms with E-state index in [4.69, 9.17) is 4.74 Å². The standard InChI is InChI=1S/C16H27NOS/c1-4-16(5-2,19-3)14-17-12-9-13-18-15-10-7-6-8-11-15/h6-8,10-11,17H,4-5,9,12-14H2,1-3H3. The molecule has 0 spiro atoms. The smallest absolute Gasteiger partial charge is 0.119 e. The van der Waals surface area contributed by atoms with Crippen molar-refractivity contribution in [1.29, 1.82) is 0 Å². The number of nitrogens with one attached hydrogen (secondary N) is 1. The normalized spacial score (nSPS) is 11.5. The molecule has 1 rings (SSSR count). The number of hydrogen-bond donors (Lipinski definition) is 1. The average Bonchev–Trinajstić information content (AvgIpc) is 2.48. The second-order valence-corrected chi connectivity index (χ2v) is 6.06. The topological polar surface area (TPSA) is 21.3 Å². The van der Waals surface area contributed by atoms with Gasteiger partial charge in [-0.05, 0) is 44.2 Å². The zero-order chi connectivity index (χ0) is 14.0. The van der Waals surface area contributed by atoms with Gasteiger partial charge in [-0.3, -0.25) is 0 Å². The van der Waals surface area contributed by atoms with Crippen molar-refractivity contribution in [2.45, 2.75) is 37.9 Å². The van der Waals surface area contributed by atoms with Crippen molar-refractivity contribution < 1.29 is 4.74 Å². The fourth-order valence-corrected chi connectivity index (χ4v) is 2.90. The van der Waals surface area contributed by atoms with Crippen LogP contribution in [0, 0.1) is 0 Å². The molecule has 0 saturated heterocycles. The van der Waals surface area contributed by atoms with Crippen LogP contribution in [0.2, 0.25) is 0 Å². The van der Waals surface area contributed by atoms with E-state index < -0.39 is 0 Å². The van der Waals surface area contributed by atoms with Gasteiger partial charge in [0.25, 0.3) is 0 Å². The number of thioether (sulfide) groups is 1. The van der Waals surface area contributed by atoms with Crippen LogP contribution in [0.5, 0.6) is 5.75 Å². The molecule has 0 unspecified atom stereocenters. The molecule has 1 aromatic carbocycles. The molecule has 0 aromatic heterocycles. The lowest BCUT2D eigenvalue weighted by Crippen LogP contribution is -2.37. The van der Waals surface area contributed by atoms with Crippen molar-refractivity contribution in [2.24, 2.45) is 0 Å². The Morgan fingerprint density at radius 1 is 1.16 bits per heavy atom. The van der Waals surface area contributed by atoms with E-state index in [-0.39, 0.29) is 0 Å². The number of para-hydroxylation sites is 1. The molecule has 0 bridgehead atoms. The maximum Gasteiger partial charge on any atom is 0.119 e. The third kappa shape index (κ3) is 5.87. The third-order valence-electron chi connectivity index (χ3n) is 3.68. The summed E-state index contributed by atoms with van der Waals surface area (Å²) >= 11 is 1.98. The van der Waals surface area contributed by atoms with E-state index in [0.29, 0.717) is 4.75 Å². The molecule has 0 aliphatic rings. The van der Waals surface area contributed by atoms with Crippen LogP contribution in [0.1, 0.15) is 33.1 Å². The highest BCUT2D eigenvalue weighted by atomic mass is 32.2. The summed E-state index contributed by atoms with van der Waals surface area (Å²) in [5.74, 6) is 0.961. The lowest BCUT2D eigenvalue weighted by atomic mass is 10.0. The Kier molecular flexibility index (Phi) is 7.99. The maximum atomic E-state index is 5.67. The number of rotatable bonds is 10. The molecule has 1 aromatic rings. The zero-order valence-corrected chi connectivity index (χ0v) is 13.3. The van der Waals surface area contributed by atoms with Gasteiger partial charge in [0.05, 0.1) is 6.61 Å². The van der Waals surface area contributed by atoms with Crippen LogP contribution >= 0.6 is 11.8 Å². The Hall–Kier alpha value is -0.670. The minimum absolute atomic E-state index is 0.403. The van der Waals surface area contributed by atoms with Crippen LogP contribution in [0.15, 0.2) is 30.3 Å². The Labute approximate surface area is 122 Å². The molecule has 0 amide bonds. The van der Waals surface area contributed by atoms with Gasteiger partial charge in [0.2, 0.25) is 0 Å². The molecule has 3 heteroatoms. The van der Waals surface area contributed by atoms with Crippen molar-refractivity contribution in [3.8, 4) is 5.75 Å². The zero-order valence-electron chi connectivity index (χ0n) is 12.4. The van der Waals surface area contributed by atoms with Crippen LogP contribution in [0.25, 0.3) is 0 Å². The van der Waals surface area contributed by atoms with Gasteiger partial charge < -0.3 is 10.1 Å². The first kappa shape index (κ1) is 16.4. The highest BCUT2D eigenvalue weighted by Crippen LogP contribution is 2.29. The summed E-state index contributed by atoms with van der Waals surface area (Å²) in [5, 5.41) is 3.56. The number of ether oxygens (including phenoxy) is 1. The fourth-order valence-electron chi connectivity index (χ4n) is 2.08. The molecular weight excluding hydrogens is 254 g/mol. The number of hydrogen-bond acceptors (Lipinski definition) is 3. The molecule has 0 aliphatic heterocycles. The Balaban J connectivity index is 2.11. The molecule has 2 nitrogen and oxygen atoms in total. The molecule has 0 saturated carbocycles. The van der Waals surface area contributed by atoms with Crippen molar-refractivity contribution in [3.05, 3.63) is 30.3 Å². The van der Waals surface area contributed by atoms with E-state index in [0.717, 1.165) is 31.9 Å². The van der Waals surface area contributed by atoms with E-state index in [1.165, 1.54) is 12.8 Å². The average molecular weight is 281 g/mol. The fraction of sp³-hybridized carbons (Fsp3) is 0.625. The first-order valence-electron chi connectivity index (χ1n) is 7.20. The van der Waals surface area contributed by atoms with Crippen LogP contribution in [0.3, 0.4) is 0 Å². The van der Waals surface area contributed by atoms with Gasteiger partial charge in [0.1, 0.15) is 5.75 Å². The van der Waals surface area contributed by atoms with E-state index in [9.17, 15) is 0 Å². The maximum absolute atomic E-state index is 5.67. The second kappa shape index (κ2) is 9.27. The Morgan fingerprint density at radius 2 is 1.84 bits per heavy atom. The molecule has 0 aliphatic carbocycles. The summed E-state index contributed by atoms with van der Waals surface area (Å²) in [4.78, 5) is 0. The van der Waals surface area contributed by atoms with Gasteiger partial charge in [-0.1, -0.05) is 32.0 Å².